The Morgan fingerprint density at radius 3 is 1.93 bits per heavy atom. The van der Waals surface area contributed by atoms with Gasteiger partial charge < -0.3 is 0 Å². The summed E-state index contributed by atoms with van der Waals surface area (Å²) in [5.41, 5.74) is 0.137. The summed E-state index contributed by atoms with van der Waals surface area (Å²) in [6.07, 6.45) is 0. The first-order valence-corrected chi connectivity index (χ1v) is 4.71. The molecular formula is C10H12ClNO3. The number of carbonyl (C=O) groups is 1. The van der Waals surface area contributed by atoms with Gasteiger partial charge in [-0.15, -0.1) is 0 Å². The third-order valence-corrected chi connectivity index (χ3v) is 1.86. The van der Waals surface area contributed by atoms with E-state index in [1.165, 1.54) is 12.1 Å². The van der Waals surface area contributed by atoms with Crippen LogP contribution in [0.4, 0.5) is 5.69 Å². The second-order valence-corrected chi connectivity index (χ2v) is 3.42. The van der Waals surface area contributed by atoms with Crippen LogP contribution >= 0.6 is 11.6 Å². The lowest BCUT2D eigenvalue weighted by molar-refractivity contribution is -0.384. The van der Waals surface area contributed by atoms with E-state index in [0.29, 0.717) is 0 Å². The van der Waals surface area contributed by atoms with Gasteiger partial charge in [-0.2, -0.15) is 0 Å². The van der Waals surface area contributed by atoms with Crippen molar-refractivity contribution in [3.8, 4) is 0 Å². The normalized spacial score (nSPS) is 9.07. The SMILES string of the molecule is CC(C)C(=O)Cl.O=[N+]([O-])c1ccccc1. The molecule has 0 N–H and O–H groups in total. The Kier molecular flexibility index (Phi) is 6.29. The molecule has 0 radical (unpaired) electrons. The van der Waals surface area contributed by atoms with Crippen LogP contribution in [-0.2, 0) is 4.79 Å². The van der Waals surface area contributed by atoms with E-state index in [-0.39, 0.29) is 16.8 Å². The van der Waals surface area contributed by atoms with Crippen molar-refractivity contribution >= 4 is 22.5 Å². The van der Waals surface area contributed by atoms with Gasteiger partial charge in [-0.05, 0) is 11.6 Å². The quantitative estimate of drug-likeness (QED) is 0.445. The molecular weight excluding hydrogens is 218 g/mol. The fourth-order valence-corrected chi connectivity index (χ4v) is 0.550. The first-order chi connectivity index (χ1) is 6.95. The van der Waals surface area contributed by atoms with Gasteiger partial charge in [0, 0.05) is 18.1 Å². The Morgan fingerprint density at radius 1 is 1.33 bits per heavy atom. The van der Waals surface area contributed by atoms with Crippen molar-refractivity contribution in [2.75, 3.05) is 0 Å². The monoisotopic (exact) mass is 229 g/mol. The van der Waals surface area contributed by atoms with Crippen LogP contribution in [0.3, 0.4) is 0 Å². The van der Waals surface area contributed by atoms with Crippen molar-refractivity contribution < 1.29 is 9.72 Å². The molecule has 0 atom stereocenters. The minimum absolute atomic E-state index is 0.0216. The summed E-state index contributed by atoms with van der Waals surface area (Å²) in [6, 6.07) is 7.93. The molecule has 1 rings (SSSR count). The molecule has 15 heavy (non-hydrogen) atoms. The van der Waals surface area contributed by atoms with Crippen LogP contribution in [0, 0.1) is 16.0 Å². The molecule has 0 aliphatic heterocycles. The van der Waals surface area contributed by atoms with Crippen LogP contribution in [0.5, 0.6) is 0 Å². The van der Waals surface area contributed by atoms with Crippen LogP contribution < -0.4 is 0 Å². The fraction of sp³-hybridized carbons (Fsp3) is 0.300. The van der Waals surface area contributed by atoms with Crippen LogP contribution in [0.15, 0.2) is 30.3 Å². The van der Waals surface area contributed by atoms with Crippen molar-refractivity contribution in [3.05, 3.63) is 40.4 Å². The van der Waals surface area contributed by atoms with Gasteiger partial charge in [0.15, 0.2) is 0 Å². The number of rotatable bonds is 2. The Hall–Kier alpha value is -1.42. The highest BCUT2D eigenvalue weighted by atomic mass is 35.5. The van der Waals surface area contributed by atoms with Gasteiger partial charge in [-0.1, -0.05) is 32.0 Å². The van der Waals surface area contributed by atoms with E-state index in [9.17, 15) is 14.9 Å². The molecule has 0 saturated heterocycles. The van der Waals surface area contributed by atoms with Crippen LogP contribution in [0.25, 0.3) is 0 Å². The predicted octanol–water partition coefficient (Wildman–Crippen LogP) is 3.00. The van der Waals surface area contributed by atoms with Crippen molar-refractivity contribution in [3.63, 3.8) is 0 Å². The van der Waals surface area contributed by atoms with E-state index in [0.717, 1.165) is 0 Å². The van der Waals surface area contributed by atoms with Gasteiger partial charge in [-0.25, -0.2) is 0 Å². The number of nitro benzene ring substituents is 1. The largest absolute Gasteiger partial charge is 0.281 e. The van der Waals surface area contributed by atoms with Gasteiger partial charge in [0.05, 0.1) is 4.92 Å². The maximum absolute atomic E-state index is 10.0. The minimum atomic E-state index is -0.417. The maximum atomic E-state index is 10.0. The van der Waals surface area contributed by atoms with Gasteiger partial charge in [-0.3, -0.25) is 14.9 Å². The van der Waals surface area contributed by atoms with Crippen LogP contribution in [0.1, 0.15) is 13.8 Å². The number of nitrogens with zero attached hydrogens (tertiary/aromatic N) is 1. The number of hydrogen-bond donors (Lipinski definition) is 0. The molecule has 0 amide bonds. The van der Waals surface area contributed by atoms with Gasteiger partial charge >= 0.3 is 0 Å². The van der Waals surface area contributed by atoms with Gasteiger partial charge in [0.2, 0.25) is 5.24 Å². The maximum Gasteiger partial charge on any atom is 0.269 e. The van der Waals surface area contributed by atoms with Crippen molar-refractivity contribution in [1.29, 1.82) is 0 Å². The molecule has 0 fully saturated rings. The average molecular weight is 230 g/mol. The lowest BCUT2D eigenvalue weighted by Crippen LogP contribution is -1.95. The highest BCUT2D eigenvalue weighted by molar-refractivity contribution is 6.63. The molecule has 0 spiro atoms. The number of halogens is 1. The number of non-ortho nitro benzene ring substituents is 1. The molecule has 0 aliphatic rings. The molecule has 0 aliphatic carbocycles. The summed E-state index contributed by atoms with van der Waals surface area (Å²) in [7, 11) is 0. The van der Waals surface area contributed by atoms with E-state index >= 15 is 0 Å². The molecule has 5 heteroatoms. The van der Waals surface area contributed by atoms with Crippen molar-refractivity contribution in [2.24, 2.45) is 5.92 Å². The first kappa shape index (κ1) is 13.6. The third-order valence-electron chi connectivity index (χ3n) is 1.42. The first-order valence-electron chi connectivity index (χ1n) is 4.34. The number of benzene rings is 1. The topological polar surface area (TPSA) is 60.2 Å². The predicted molar refractivity (Wildman–Crippen MR) is 58.8 cm³/mol. The van der Waals surface area contributed by atoms with Crippen molar-refractivity contribution in [1.82, 2.24) is 0 Å². The van der Waals surface area contributed by atoms with E-state index in [4.69, 9.17) is 11.6 Å². The Balaban J connectivity index is 0.000000288. The fourth-order valence-electron chi connectivity index (χ4n) is 0.550. The average Bonchev–Trinajstić information content (AvgIpc) is 2.20. The van der Waals surface area contributed by atoms with E-state index in [1.54, 1.807) is 32.0 Å². The molecule has 0 saturated carbocycles. The van der Waals surface area contributed by atoms with E-state index < -0.39 is 4.92 Å². The minimum Gasteiger partial charge on any atom is -0.281 e. The zero-order valence-electron chi connectivity index (χ0n) is 8.51. The summed E-state index contributed by atoms with van der Waals surface area (Å²) in [4.78, 5) is 19.5. The van der Waals surface area contributed by atoms with Gasteiger partial charge in [0.25, 0.3) is 5.69 Å². The highest BCUT2D eigenvalue weighted by Crippen LogP contribution is 2.06. The molecule has 0 unspecified atom stereocenters. The number of hydrogen-bond acceptors (Lipinski definition) is 3. The third kappa shape index (κ3) is 6.62. The highest BCUT2D eigenvalue weighted by Gasteiger charge is 1.99. The Bertz CT molecular complexity index is 325. The van der Waals surface area contributed by atoms with E-state index in [2.05, 4.69) is 0 Å². The second kappa shape index (κ2) is 6.95. The van der Waals surface area contributed by atoms with E-state index in [1.807, 2.05) is 0 Å². The summed E-state index contributed by atoms with van der Waals surface area (Å²) >= 11 is 4.97. The Morgan fingerprint density at radius 2 is 1.73 bits per heavy atom. The Labute approximate surface area is 93.0 Å². The molecule has 4 nitrogen and oxygen atoms in total. The molecule has 0 bridgehead atoms. The molecule has 0 aromatic heterocycles. The smallest absolute Gasteiger partial charge is 0.269 e. The van der Waals surface area contributed by atoms with Crippen LogP contribution in [0.2, 0.25) is 0 Å². The summed E-state index contributed by atoms with van der Waals surface area (Å²) < 4.78 is 0. The molecule has 1 aromatic carbocycles. The number of carbonyl (C=O) groups excluding carboxylic acids is 1. The number of para-hydroxylation sites is 1. The molecule has 1 aromatic rings. The summed E-state index contributed by atoms with van der Waals surface area (Å²) in [6.45, 7) is 3.52. The van der Waals surface area contributed by atoms with Crippen LogP contribution in [-0.4, -0.2) is 10.2 Å². The zero-order valence-corrected chi connectivity index (χ0v) is 9.27. The number of nitro groups is 1. The van der Waals surface area contributed by atoms with Crippen molar-refractivity contribution in [2.45, 2.75) is 13.8 Å². The summed E-state index contributed by atoms with van der Waals surface area (Å²) in [5.74, 6) is -0.0216. The lowest BCUT2D eigenvalue weighted by Gasteiger charge is -1.88. The lowest BCUT2D eigenvalue weighted by atomic mass is 10.3. The summed E-state index contributed by atoms with van der Waals surface area (Å²) in [5, 5.41) is 9.74. The molecule has 82 valence electrons. The molecule has 0 heterocycles. The van der Waals surface area contributed by atoms with Gasteiger partial charge in [0.1, 0.15) is 0 Å². The zero-order chi connectivity index (χ0) is 11.8. The standard InChI is InChI=1S/C6H5NO2.C4H7ClO/c8-7(9)6-4-2-1-3-5-6;1-3(2)4(5)6/h1-5H;3H,1-2H3. The second-order valence-electron chi connectivity index (χ2n) is 3.05.